The van der Waals surface area contributed by atoms with Crippen LogP contribution in [0.1, 0.15) is 0 Å². The van der Waals surface area contributed by atoms with E-state index in [-0.39, 0.29) is 12.9 Å². The summed E-state index contributed by atoms with van der Waals surface area (Å²) in [7, 11) is 1.34. The SMILES string of the molecule is COC[C@@H](O)[C@@H](O)[C@H](O)C=O. The molecule has 0 heterocycles. The third-order valence-corrected chi connectivity index (χ3v) is 1.22. The lowest BCUT2D eigenvalue weighted by Gasteiger charge is -2.17. The fourth-order valence-corrected chi connectivity index (χ4v) is 0.577. The molecule has 0 aliphatic carbocycles. The minimum absolute atomic E-state index is 0.119. The average Bonchev–Trinajstić information content (AvgIpc) is 2.02. The van der Waals surface area contributed by atoms with Gasteiger partial charge in [0, 0.05) is 7.11 Å². The summed E-state index contributed by atoms with van der Waals surface area (Å²) in [6, 6.07) is 0. The molecule has 0 saturated carbocycles. The first-order chi connectivity index (χ1) is 5.13. The van der Waals surface area contributed by atoms with Gasteiger partial charge in [-0.1, -0.05) is 0 Å². The zero-order valence-electron chi connectivity index (χ0n) is 6.17. The maximum atomic E-state index is 9.89. The van der Waals surface area contributed by atoms with E-state index in [2.05, 4.69) is 4.74 Å². The van der Waals surface area contributed by atoms with Crippen molar-refractivity contribution in [2.24, 2.45) is 0 Å². The van der Waals surface area contributed by atoms with Gasteiger partial charge in [0.1, 0.15) is 18.3 Å². The van der Waals surface area contributed by atoms with Crippen LogP contribution >= 0.6 is 0 Å². The maximum absolute atomic E-state index is 9.89. The topological polar surface area (TPSA) is 87.0 Å². The third kappa shape index (κ3) is 3.43. The molecule has 0 amide bonds. The Morgan fingerprint density at radius 1 is 1.45 bits per heavy atom. The molecule has 0 aliphatic rings. The lowest BCUT2D eigenvalue weighted by atomic mass is 10.1. The summed E-state index contributed by atoms with van der Waals surface area (Å²) >= 11 is 0. The molecule has 11 heavy (non-hydrogen) atoms. The van der Waals surface area contributed by atoms with E-state index in [1.807, 2.05) is 0 Å². The number of aliphatic hydroxyl groups excluding tert-OH is 3. The Bertz CT molecular complexity index is 116. The predicted molar refractivity (Wildman–Crippen MR) is 36.0 cm³/mol. The van der Waals surface area contributed by atoms with Crippen molar-refractivity contribution in [3.8, 4) is 0 Å². The van der Waals surface area contributed by atoms with Gasteiger partial charge in [0.2, 0.25) is 0 Å². The van der Waals surface area contributed by atoms with E-state index in [0.29, 0.717) is 0 Å². The zero-order chi connectivity index (χ0) is 8.85. The first kappa shape index (κ1) is 10.5. The Morgan fingerprint density at radius 2 is 2.00 bits per heavy atom. The van der Waals surface area contributed by atoms with Gasteiger partial charge in [-0.15, -0.1) is 0 Å². The Kier molecular flexibility index (Phi) is 4.97. The standard InChI is InChI=1S/C6H12O5/c1-11-3-5(9)6(10)4(8)2-7/h2,4-6,8-10H,3H2,1H3/t4-,5-,6+/m1/s1. The quantitative estimate of drug-likeness (QED) is 0.406. The van der Waals surface area contributed by atoms with Crippen LogP contribution in [0.4, 0.5) is 0 Å². The number of carbonyl (C=O) groups excluding carboxylic acids is 1. The fraction of sp³-hybridized carbons (Fsp3) is 0.833. The normalized spacial score (nSPS) is 18.9. The number of ether oxygens (including phenoxy) is 1. The molecule has 66 valence electrons. The number of aldehydes is 1. The highest BCUT2D eigenvalue weighted by Gasteiger charge is 2.23. The first-order valence-corrected chi connectivity index (χ1v) is 3.12. The average molecular weight is 164 g/mol. The van der Waals surface area contributed by atoms with Crippen molar-refractivity contribution in [3.05, 3.63) is 0 Å². The monoisotopic (exact) mass is 164 g/mol. The molecule has 5 heteroatoms. The molecule has 0 aromatic heterocycles. The van der Waals surface area contributed by atoms with Gasteiger partial charge in [0.15, 0.2) is 6.29 Å². The smallest absolute Gasteiger partial charge is 0.151 e. The highest BCUT2D eigenvalue weighted by Crippen LogP contribution is 1.98. The summed E-state index contributed by atoms with van der Waals surface area (Å²) in [5.74, 6) is 0. The second-order valence-electron chi connectivity index (χ2n) is 2.14. The number of carbonyl (C=O) groups is 1. The number of hydrogen-bond acceptors (Lipinski definition) is 5. The first-order valence-electron chi connectivity index (χ1n) is 3.12. The molecule has 0 aromatic rings. The van der Waals surface area contributed by atoms with Crippen molar-refractivity contribution >= 4 is 6.29 Å². The van der Waals surface area contributed by atoms with Crippen LogP contribution in [-0.4, -0.2) is 53.6 Å². The zero-order valence-corrected chi connectivity index (χ0v) is 6.17. The number of hydrogen-bond donors (Lipinski definition) is 3. The van der Waals surface area contributed by atoms with Crippen LogP contribution in [0.25, 0.3) is 0 Å². The van der Waals surface area contributed by atoms with Crippen LogP contribution in [0.15, 0.2) is 0 Å². The summed E-state index contributed by atoms with van der Waals surface area (Å²) in [5, 5.41) is 26.5. The second-order valence-corrected chi connectivity index (χ2v) is 2.14. The van der Waals surface area contributed by atoms with E-state index in [0.717, 1.165) is 0 Å². The Balaban J connectivity index is 3.79. The highest BCUT2D eigenvalue weighted by molar-refractivity contribution is 5.56. The van der Waals surface area contributed by atoms with Crippen LogP contribution in [0.5, 0.6) is 0 Å². The summed E-state index contributed by atoms with van der Waals surface area (Å²) in [4.78, 5) is 9.89. The van der Waals surface area contributed by atoms with Crippen LogP contribution in [0.3, 0.4) is 0 Å². The van der Waals surface area contributed by atoms with Crippen molar-refractivity contribution in [1.82, 2.24) is 0 Å². The second kappa shape index (κ2) is 5.20. The van der Waals surface area contributed by atoms with Crippen molar-refractivity contribution in [1.29, 1.82) is 0 Å². The lowest BCUT2D eigenvalue weighted by molar-refractivity contribution is -0.128. The molecule has 0 fully saturated rings. The van der Waals surface area contributed by atoms with Gasteiger partial charge in [0.05, 0.1) is 6.61 Å². The Labute approximate surface area is 64.2 Å². The van der Waals surface area contributed by atoms with E-state index in [4.69, 9.17) is 15.3 Å². The van der Waals surface area contributed by atoms with Crippen molar-refractivity contribution in [3.63, 3.8) is 0 Å². The van der Waals surface area contributed by atoms with Crippen molar-refractivity contribution in [2.75, 3.05) is 13.7 Å². The molecule has 0 bridgehead atoms. The Hall–Kier alpha value is -0.490. The summed E-state index contributed by atoms with van der Waals surface area (Å²) in [6.45, 7) is -0.119. The molecule has 0 spiro atoms. The molecule has 3 N–H and O–H groups in total. The molecule has 0 radical (unpaired) electrons. The minimum atomic E-state index is -1.56. The molecule has 3 atom stereocenters. The number of aliphatic hydroxyl groups is 3. The van der Waals surface area contributed by atoms with Crippen LogP contribution in [0, 0.1) is 0 Å². The molecule has 0 aromatic carbocycles. The van der Waals surface area contributed by atoms with Gasteiger partial charge in [-0.05, 0) is 0 Å². The van der Waals surface area contributed by atoms with Gasteiger partial charge in [-0.3, -0.25) is 0 Å². The Morgan fingerprint density at radius 3 is 2.36 bits per heavy atom. The molecular formula is C6H12O5. The molecule has 0 rings (SSSR count). The summed E-state index contributed by atoms with van der Waals surface area (Å²) in [5.41, 5.74) is 0. The van der Waals surface area contributed by atoms with Gasteiger partial charge in [-0.2, -0.15) is 0 Å². The van der Waals surface area contributed by atoms with Gasteiger partial charge < -0.3 is 24.9 Å². The number of methoxy groups -OCH3 is 1. The van der Waals surface area contributed by atoms with Crippen LogP contribution < -0.4 is 0 Å². The van der Waals surface area contributed by atoms with Gasteiger partial charge >= 0.3 is 0 Å². The molecule has 0 unspecified atom stereocenters. The van der Waals surface area contributed by atoms with E-state index in [9.17, 15) is 4.79 Å². The predicted octanol–water partition coefficient (Wildman–Crippen LogP) is -2.09. The summed E-state index contributed by atoms with van der Waals surface area (Å²) in [6.07, 6.45) is -4.11. The van der Waals surface area contributed by atoms with E-state index >= 15 is 0 Å². The molecule has 5 nitrogen and oxygen atoms in total. The van der Waals surface area contributed by atoms with Crippen LogP contribution in [-0.2, 0) is 9.53 Å². The molecular weight excluding hydrogens is 152 g/mol. The lowest BCUT2D eigenvalue weighted by Crippen LogP contribution is -2.40. The van der Waals surface area contributed by atoms with Crippen LogP contribution in [0.2, 0.25) is 0 Å². The fourth-order valence-electron chi connectivity index (χ4n) is 0.577. The van der Waals surface area contributed by atoms with Crippen molar-refractivity contribution in [2.45, 2.75) is 18.3 Å². The minimum Gasteiger partial charge on any atom is -0.388 e. The largest absolute Gasteiger partial charge is 0.388 e. The highest BCUT2D eigenvalue weighted by atomic mass is 16.5. The molecule has 0 aliphatic heterocycles. The van der Waals surface area contributed by atoms with E-state index in [1.165, 1.54) is 7.11 Å². The molecule has 0 saturated heterocycles. The van der Waals surface area contributed by atoms with E-state index < -0.39 is 18.3 Å². The van der Waals surface area contributed by atoms with Crippen molar-refractivity contribution < 1.29 is 24.9 Å². The summed E-state index contributed by atoms with van der Waals surface area (Å²) < 4.78 is 4.48. The van der Waals surface area contributed by atoms with Gasteiger partial charge in [0.25, 0.3) is 0 Å². The maximum Gasteiger partial charge on any atom is 0.151 e. The van der Waals surface area contributed by atoms with E-state index in [1.54, 1.807) is 0 Å². The van der Waals surface area contributed by atoms with Gasteiger partial charge in [-0.25, -0.2) is 0 Å². The third-order valence-electron chi connectivity index (χ3n) is 1.22. The number of rotatable bonds is 5.